The molecule has 0 nitrogen and oxygen atoms in total. The van der Waals surface area contributed by atoms with Crippen molar-refractivity contribution < 1.29 is 0 Å². The average Bonchev–Trinajstić information content (AvgIpc) is 3.10. The Bertz CT molecular complexity index is 1160. The predicted octanol–water partition coefficient (Wildman–Crippen LogP) is 7.20. The lowest BCUT2D eigenvalue weighted by molar-refractivity contribution is 1.55. The van der Waals surface area contributed by atoms with Crippen LogP contribution in [0.4, 0.5) is 0 Å². The van der Waals surface area contributed by atoms with E-state index in [1.807, 2.05) is 0 Å². The van der Waals surface area contributed by atoms with Crippen molar-refractivity contribution in [1.82, 2.24) is 0 Å². The summed E-state index contributed by atoms with van der Waals surface area (Å²) in [5.74, 6) is 0. The molecule has 5 rings (SSSR count). The first kappa shape index (κ1) is 16.5. The molecule has 0 amide bonds. The summed E-state index contributed by atoms with van der Waals surface area (Å²) in [5.41, 5.74) is 10.2. The number of benzene rings is 4. The topological polar surface area (TPSA) is 0 Å². The molecule has 0 heteroatoms. The highest BCUT2D eigenvalue weighted by molar-refractivity contribution is 6.27. The number of allylic oxidation sites excluding steroid dienone is 2. The summed E-state index contributed by atoms with van der Waals surface area (Å²) in [4.78, 5) is 0. The van der Waals surface area contributed by atoms with Gasteiger partial charge >= 0.3 is 0 Å². The molecule has 0 unspecified atom stereocenters. The smallest absolute Gasteiger partial charge is 0.00201 e. The second-order valence-electron chi connectivity index (χ2n) is 7.00. The zero-order valence-electron chi connectivity index (χ0n) is 15.5. The molecule has 0 bridgehead atoms. The van der Waals surface area contributed by atoms with E-state index in [1.54, 1.807) is 0 Å². The molecule has 0 N–H and O–H groups in total. The zero-order valence-corrected chi connectivity index (χ0v) is 15.5. The molecule has 0 radical (unpaired) electrons. The van der Waals surface area contributed by atoms with E-state index in [-0.39, 0.29) is 0 Å². The number of hydrogen-bond donors (Lipinski definition) is 0. The highest BCUT2D eigenvalue weighted by Crippen LogP contribution is 2.49. The minimum absolute atomic E-state index is 1.22. The highest BCUT2D eigenvalue weighted by atomic mass is 14.3. The van der Waals surface area contributed by atoms with E-state index in [2.05, 4.69) is 121 Å². The van der Waals surface area contributed by atoms with Crippen molar-refractivity contribution in [1.29, 1.82) is 0 Å². The van der Waals surface area contributed by atoms with Gasteiger partial charge in [-0.05, 0) is 50.6 Å². The van der Waals surface area contributed by atoms with E-state index in [0.717, 1.165) is 0 Å². The van der Waals surface area contributed by atoms with Crippen molar-refractivity contribution in [2.75, 3.05) is 0 Å². The van der Waals surface area contributed by atoms with Gasteiger partial charge < -0.3 is 0 Å². The van der Waals surface area contributed by atoms with E-state index in [4.69, 9.17) is 0 Å². The van der Waals surface area contributed by atoms with Gasteiger partial charge in [0.15, 0.2) is 0 Å². The summed E-state index contributed by atoms with van der Waals surface area (Å²) in [6.45, 7) is 0. The molecule has 0 spiro atoms. The van der Waals surface area contributed by atoms with Gasteiger partial charge in [-0.2, -0.15) is 0 Å². The predicted molar refractivity (Wildman–Crippen MR) is 120 cm³/mol. The maximum atomic E-state index is 2.32. The van der Waals surface area contributed by atoms with Gasteiger partial charge in [0.05, 0.1) is 0 Å². The fraction of sp³-hybridized carbons (Fsp3) is 0. The van der Waals surface area contributed by atoms with Crippen LogP contribution in [0, 0.1) is 0 Å². The molecule has 0 aromatic heterocycles. The van der Waals surface area contributed by atoms with E-state index in [0.29, 0.717) is 0 Å². The Morgan fingerprint density at radius 2 is 0.857 bits per heavy atom. The van der Waals surface area contributed by atoms with Gasteiger partial charge in [-0.25, -0.2) is 0 Å². The van der Waals surface area contributed by atoms with Crippen molar-refractivity contribution in [3.8, 4) is 0 Å². The van der Waals surface area contributed by atoms with Crippen LogP contribution >= 0.6 is 0 Å². The van der Waals surface area contributed by atoms with Crippen LogP contribution in [0.2, 0.25) is 0 Å². The molecule has 1 aliphatic carbocycles. The molecule has 132 valence electrons. The first-order valence-corrected chi connectivity index (χ1v) is 9.64. The fourth-order valence-corrected chi connectivity index (χ4v) is 4.02. The molecule has 0 heterocycles. The highest BCUT2D eigenvalue weighted by Gasteiger charge is 2.27. The SMILES string of the molecule is C(=C1/C(c2ccccc2)=C(c2ccccc2)c2ccccc21)/c1ccccc1. The molecule has 0 saturated carbocycles. The van der Waals surface area contributed by atoms with Crippen LogP contribution in [0.3, 0.4) is 0 Å². The molecular weight excluding hydrogens is 336 g/mol. The molecule has 4 aromatic carbocycles. The van der Waals surface area contributed by atoms with E-state index >= 15 is 0 Å². The summed E-state index contributed by atoms with van der Waals surface area (Å²) in [6, 6.07) is 40.8. The maximum Gasteiger partial charge on any atom is -0.00201 e. The lowest BCUT2D eigenvalue weighted by atomic mass is 9.92. The summed E-state index contributed by atoms with van der Waals surface area (Å²) < 4.78 is 0. The van der Waals surface area contributed by atoms with Crippen LogP contribution in [-0.4, -0.2) is 0 Å². The monoisotopic (exact) mass is 356 g/mol. The number of fused-ring (bicyclic) bond motifs is 1. The van der Waals surface area contributed by atoms with E-state index in [9.17, 15) is 0 Å². The molecule has 28 heavy (non-hydrogen) atoms. The Hall–Kier alpha value is -3.64. The number of hydrogen-bond acceptors (Lipinski definition) is 0. The van der Waals surface area contributed by atoms with Gasteiger partial charge in [-0.15, -0.1) is 0 Å². The molecule has 0 aliphatic heterocycles. The Labute approximate surface area is 166 Å². The Morgan fingerprint density at radius 1 is 0.393 bits per heavy atom. The third kappa shape index (κ3) is 2.90. The van der Waals surface area contributed by atoms with Gasteiger partial charge in [-0.3, -0.25) is 0 Å². The van der Waals surface area contributed by atoms with Gasteiger partial charge in [0.1, 0.15) is 0 Å². The Kier molecular flexibility index (Phi) is 4.23. The molecule has 4 aromatic rings. The van der Waals surface area contributed by atoms with Crippen molar-refractivity contribution in [3.63, 3.8) is 0 Å². The third-order valence-corrected chi connectivity index (χ3v) is 5.24. The van der Waals surface area contributed by atoms with Crippen LogP contribution in [0.1, 0.15) is 27.8 Å². The normalized spacial score (nSPS) is 14.4. The first-order chi connectivity index (χ1) is 13.9. The zero-order chi connectivity index (χ0) is 18.8. The van der Waals surface area contributed by atoms with Crippen LogP contribution in [0.15, 0.2) is 115 Å². The quantitative estimate of drug-likeness (QED) is 0.364. The third-order valence-electron chi connectivity index (χ3n) is 5.24. The second kappa shape index (κ2) is 7.17. The Balaban J connectivity index is 1.85. The molecule has 1 aliphatic rings. The van der Waals surface area contributed by atoms with E-state index < -0.39 is 0 Å². The van der Waals surface area contributed by atoms with E-state index in [1.165, 1.54) is 44.5 Å². The van der Waals surface area contributed by atoms with Crippen LogP contribution in [0.5, 0.6) is 0 Å². The second-order valence-corrected chi connectivity index (χ2v) is 7.00. The Morgan fingerprint density at radius 3 is 1.46 bits per heavy atom. The van der Waals surface area contributed by atoms with Gasteiger partial charge in [-0.1, -0.05) is 115 Å². The molecule has 0 atom stereocenters. The summed E-state index contributed by atoms with van der Waals surface area (Å²) in [5, 5.41) is 0. The van der Waals surface area contributed by atoms with Crippen LogP contribution in [0.25, 0.3) is 22.8 Å². The standard InChI is InChI=1S/C28H20/c1-4-12-21(13-5-1)20-26-24-18-10-11-19-25(24)27(22-14-6-2-7-15-22)28(26)23-16-8-3-9-17-23/h1-20H/b26-20-. The summed E-state index contributed by atoms with van der Waals surface area (Å²) >= 11 is 0. The lowest BCUT2D eigenvalue weighted by Crippen LogP contribution is -1.89. The van der Waals surface area contributed by atoms with Crippen molar-refractivity contribution in [2.45, 2.75) is 0 Å². The maximum absolute atomic E-state index is 2.32. The summed E-state index contributed by atoms with van der Waals surface area (Å²) in [7, 11) is 0. The minimum atomic E-state index is 1.22. The summed E-state index contributed by atoms with van der Waals surface area (Å²) in [6.07, 6.45) is 2.32. The van der Waals surface area contributed by atoms with Crippen molar-refractivity contribution in [2.24, 2.45) is 0 Å². The van der Waals surface area contributed by atoms with Crippen molar-refractivity contribution >= 4 is 22.8 Å². The molecule has 0 saturated heterocycles. The van der Waals surface area contributed by atoms with Crippen molar-refractivity contribution in [3.05, 3.63) is 143 Å². The van der Waals surface area contributed by atoms with Crippen LogP contribution < -0.4 is 0 Å². The molecular formula is C28H20. The fourth-order valence-electron chi connectivity index (χ4n) is 4.02. The van der Waals surface area contributed by atoms with Gasteiger partial charge in [0, 0.05) is 0 Å². The van der Waals surface area contributed by atoms with Crippen LogP contribution in [-0.2, 0) is 0 Å². The largest absolute Gasteiger partial charge is 0.0622 e. The molecule has 0 fully saturated rings. The van der Waals surface area contributed by atoms with Gasteiger partial charge in [0.25, 0.3) is 0 Å². The van der Waals surface area contributed by atoms with Gasteiger partial charge in [0.2, 0.25) is 0 Å². The first-order valence-electron chi connectivity index (χ1n) is 9.64. The minimum Gasteiger partial charge on any atom is -0.0622 e. The lowest BCUT2D eigenvalue weighted by Gasteiger charge is -2.11. The number of rotatable bonds is 3. The average molecular weight is 356 g/mol.